The standard InChI is InChI=1S/C21H23N3O2/c1-5-10-24-12-17(19(25)16-8-7-15(4)22-20(16)24)21(26)23-18-9-6-13(2)11-14(18)3/h6-9,11-12H,5,10H2,1-4H3,(H,23,26). The molecule has 2 heterocycles. The van der Waals surface area contributed by atoms with Gasteiger partial charge in [0.1, 0.15) is 11.2 Å². The predicted octanol–water partition coefficient (Wildman–Crippen LogP) is 3.98. The number of anilines is 1. The van der Waals surface area contributed by atoms with Gasteiger partial charge in [-0.05, 0) is 51.0 Å². The Morgan fingerprint density at radius 3 is 2.62 bits per heavy atom. The van der Waals surface area contributed by atoms with Gasteiger partial charge >= 0.3 is 0 Å². The van der Waals surface area contributed by atoms with Crippen molar-refractivity contribution in [2.24, 2.45) is 0 Å². The Morgan fingerprint density at radius 2 is 1.92 bits per heavy atom. The van der Waals surface area contributed by atoms with Crippen LogP contribution in [0.25, 0.3) is 11.0 Å². The molecule has 0 saturated heterocycles. The van der Waals surface area contributed by atoms with Crippen molar-refractivity contribution in [3.63, 3.8) is 0 Å². The van der Waals surface area contributed by atoms with Gasteiger partial charge in [0.15, 0.2) is 0 Å². The molecule has 1 aromatic carbocycles. The zero-order chi connectivity index (χ0) is 18.8. The minimum absolute atomic E-state index is 0.136. The molecule has 134 valence electrons. The molecule has 0 unspecified atom stereocenters. The fraction of sp³-hybridized carbons (Fsp3) is 0.286. The number of benzene rings is 1. The highest BCUT2D eigenvalue weighted by molar-refractivity contribution is 6.05. The van der Waals surface area contributed by atoms with Gasteiger partial charge in [0.2, 0.25) is 5.43 Å². The number of hydrogen-bond donors (Lipinski definition) is 1. The van der Waals surface area contributed by atoms with Crippen LogP contribution in [0.3, 0.4) is 0 Å². The molecule has 0 bridgehead atoms. The third kappa shape index (κ3) is 3.38. The topological polar surface area (TPSA) is 64.0 Å². The third-order valence-electron chi connectivity index (χ3n) is 4.40. The van der Waals surface area contributed by atoms with Gasteiger partial charge in [0.05, 0.1) is 5.39 Å². The first kappa shape index (κ1) is 17.9. The molecule has 3 rings (SSSR count). The van der Waals surface area contributed by atoms with E-state index in [2.05, 4.69) is 17.2 Å². The first-order chi connectivity index (χ1) is 12.4. The first-order valence-electron chi connectivity index (χ1n) is 8.80. The highest BCUT2D eigenvalue weighted by atomic mass is 16.2. The van der Waals surface area contributed by atoms with E-state index >= 15 is 0 Å². The van der Waals surface area contributed by atoms with Gasteiger partial charge in [0.25, 0.3) is 5.91 Å². The zero-order valence-electron chi connectivity index (χ0n) is 15.6. The van der Waals surface area contributed by atoms with Crippen molar-refractivity contribution < 1.29 is 4.79 Å². The summed E-state index contributed by atoms with van der Waals surface area (Å²) in [7, 11) is 0. The summed E-state index contributed by atoms with van der Waals surface area (Å²) in [5.41, 5.74) is 4.11. The second kappa shape index (κ2) is 7.12. The van der Waals surface area contributed by atoms with Gasteiger partial charge in [0, 0.05) is 24.1 Å². The van der Waals surface area contributed by atoms with Crippen LogP contribution in [0.2, 0.25) is 0 Å². The number of carbonyl (C=O) groups excluding carboxylic acids is 1. The van der Waals surface area contributed by atoms with Crippen molar-refractivity contribution in [2.75, 3.05) is 5.32 Å². The van der Waals surface area contributed by atoms with Crippen LogP contribution >= 0.6 is 0 Å². The highest BCUT2D eigenvalue weighted by Gasteiger charge is 2.17. The number of aromatic nitrogens is 2. The maximum Gasteiger partial charge on any atom is 0.261 e. The van der Waals surface area contributed by atoms with Crippen molar-refractivity contribution in [2.45, 2.75) is 40.7 Å². The van der Waals surface area contributed by atoms with Crippen LogP contribution in [-0.4, -0.2) is 15.5 Å². The number of carbonyl (C=O) groups is 1. The van der Waals surface area contributed by atoms with Crippen molar-refractivity contribution in [3.05, 3.63) is 69.1 Å². The molecule has 0 saturated carbocycles. The molecule has 0 aliphatic rings. The molecule has 0 spiro atoms. The van der Waals surface area contributed by atoms with Crippen LogP contribution in [0.15, 0.2) is 41.3 Å². The Labute approximate surface area is 152 Å². The Hall–Kier alpha value is -2.95. The van der Waals surface area contributed by atoms with E-state index in [1.807, 2.05) is 43.5 Å². The number of pyridine rings is 2. The summed E-state index contributed by atoms with van der Waals surface area (Å²) < 4.78 is 1.89. The molecule has 0 atom stereocenters. The van der Waals surface area contributed by atoms with Crippen LogP contribution < -0.4 is 10.7 Å². The van der Waals surface area contributed by atoms with E-state index < -0.39 is 5.91 Å². The van der Waals surface area contributed by atoms with Crippen molar-refractivity contribution in [1.82, 2.24) is 9.55 Å². The third-order valence-corrected chi connectivity index (χ3v) is 4.40. The number of amides is 1. The summed E-state index contributed by atoms with van der Waals surface area (Å²) in [4.78, 5) is 30.1. The second-order valence-corrected chi connectivity index (χ2v) is 6.66. The van der Waals surface area contributed by atoms with E-state index in [1.54, 1.807) is 18.3 Å². The smallest absolute Gasteiger partial charge is 0.261 e. The predicted molar refractivity (Wildman–Crippen MR) is 105 cm³/mol. The fourth-order valence-corrected chi connectivity index (χ4v) is 3.08. The summed E-state index contributed by atoms with van der Waals surface area (Å²) in [5.74, 6) is -0.394. The van der Waals surface area contributed by atoms with Crippen molar-refractivity contribution in [1.29, 1.82) is 0 Å². The van der Waals surface area contributed by atoms with Gasteiger partial charge in [-0.3, -0.25) is 9.59 Å². The van der Waals surface area contributed by atoms with E-state index in [1.165, 1.54) is 0 Å². The SMILES string of the molecule is CCCn1cc(C(=O)Nc2ccc(C)cc2C)c(=O)c2ccc(C)nc21. The molecule has 2 aromatic heterocycles. The van der Waals surface area contributed by atoms with Crippen LogP contribution in [0.5, 0.6) is 0 Å². The average Bonchev–Trinajstić information content (AvgIpc) is 2.59. The Bertz CT molecular complexity index is 1050. The summed E-state index contributed by atoms with van der Waals surface area (Å²) in [5, 5.41) is 3.34. The fourth-order valence-electron chi connectivity index (χ4n) is 3.08. The maximum absolute atomic E-state index is 12.9. The monoisotopic (exact) mass is 349 g/mol. The van der Waals surface area contributed by atoms with Crippen LogP contribution in [0.1, 0.15) is 40.5 Å². The van der Waals surface area contributed by atoms with Gasteiger partial charge in [-0.1, -0.05) is 24.6 Å². The lowest BCUT2D eigenvalue weighted by atomic mass is 10.1. The van der Waals surface area contributed by atoms with Gasteiger partial charge in [-0.25, -0.2) is 4.98 Å². The van der Waals surface area contributed by atoms with Gasteiger partial charge < -0.3 is 9.88 Å². The number of hydrogen-bond acceptors (Lipinski definition) is 3. The molecule has 0 radical (unpaired) electrons. The first-order valence-corrected chi connectivity index (χ1v) is 8.80. The summed E-state index contributed by atoms with van der Waals surface area (Å²) >= 11 is 0. The quantitative estimate of drug-likeness (QED) is 0.775. The number of fused-ring (bicyclic) bond motifs is 1. The summed E-state index contributed by atoms with van der Waals surface area (Å²) in [6.45, 7) is 8.57. The second-order valence-electron chi connectivity index (χ2n) is 6.66. The Kier molecular flexibility index (Phi) is 4.89. The molecule has 1 N–H and O–H groups in total. The Balaban J connectivity index is 2.09. The molecule has 1 amide bonds. The lowest BCUT2D eigenvalue weighted by molar-refractivity contribution is 0.102. The lowest BCUT2D eigenvalue weighted by Gasteiger charge is -2.13. The number of nitrogens with one attached hydrogen (secondary N) is 1. The summed E-state index contributed by atoms with van der Waals surface area (Å²) in [6, 6.07) is 9.34. The number of aryl methyl sites for hydroxylation is 4. The van der Waals surface area contributed by atoms with E-state index in [0.29, 0.717) is 23.3 Å². The van der Waals surface area contributed by atoms with Crippen LogP contribution in [-0.2, 0) is 6.54 Å². The van der Waals surface area contributed by atoms with E-state index in [-0.39, 0.29) is 11.0 Å². The van der Waals surface area contributed by atoms with Gasteiger partial charge in [-0.15, -0.1) is 0 Å². The molecule has 0 aliphatic carbocycles. The van der Waals surface area contributed by atoms with E-state index in [9.17, 15) is 9.59 Å². The molecule has 5 nitrogen and oxygen atoms in total. The van der Waals surface area contributed by atoms with E-state index in [4.69, 9.17) is 0 Å². The highest BCUT2D eigenvalue weighted by Crippen LogP contribution is 2.18. The minimum Gasteiger partial charge on any atom is -0.331 e. The normalized spacial score (nSPS) is 10.9. The molecule has 0 fully saturated rings. The summed E-state index contributed by atoms with van der Waals surface area (Å²) in [6.07, 6.45) is 2.51. The van der Waals surface area contributed by atoms with Crippen LogP contribution in [0, 0.1) is 20.8 Å². The molecular weight excluding hydrogens is 326 g/mol. The number of rotatable bonds is 4. The van der Waals surface area contributed by atoms with Crippen molar-refractivity contribution >= 4 is 22.6 Å². The Morgan fingerprint density at radius 1 is 1.15 bits per heavy atom. The molecule has 0 aliphatic heterocycles. The molecular formula is C21H23N3O2. The average molecular weight is 349 g/mol. The minimum atomic E-state index is -0.394. The maximum atomic E-state index is 12.9. The molecule has 3 aromatic rings. The molecule has 26 heavy (non-hydrogen) atoms. The largest absolute Gasteiger partial charge is 0.331 e. The van der Waals surface area contributed by atoms with E-state index in [0.717, 1.165) is 23.2 Å². The van der Waals surface area contributed by atoms with Gasteiger partial charge in [-0.2, -0.15) is 0 Å². The van der Waals surface area contributed by atoms with Crippen molar-refractivity contribution in [3.8, 4) is 0 Å². The molecule has 5 heteroatoms. The lowest BCUT2D eigenvalue weighted by Crippen LogP contribution is -2.24. The number of nitrogens with zero attached hydrogens (tertiary/aromatic N) is 2. The van der Waals surface area contributed by atoms with Crippen LogP contribution in [0.4, 0.5) is 5.69 Å². The zero-order valence-corrected chi connectivity index (χ0v) is 15.6.